The van der Waals surface area contributed by atoms with Crippen LogP contribution in [0.15, 0.2) is 52.8 Å². The Hall–Kier alpha value is -3.79. The molecule has 9 nitrogen and oxygen atoms in total. The highest BCUT2D eigenvalue weighted by molar-refractivity contribution is 7.10. The molecule has 0 unspecified atom stereocenters. The number of rotatable bonds is 7. The summed E-state index contributed by atoms with van der Waals surface area (Å²) in [6, 6.07) is 8.84. The standard InChI is InChI=1S/C21H21N3O6S/c1-24-7-6-16(25)19(20(24)28)23-21(29)22-15(10-18(26)27)17-9-13(11-31-17)12-4-3-5-14(8-12)30-2/h3-9,11,15,25H,10H2,1-2H3,(H,26,27)(H2,22,23,29)/t15-/m0/s1. The second-order valence-corrected chi connectivity index (χ2v) is 7.65. The SMILES string of the molecule is COc1cccc(-c2csc([C@H](CC(=O)O)NC(=O)Nc3c(O)ccn(C)c3=O)c2)c1. The van der Waals surface area contributed by atoms with Crippen LogP contribution in [0, 0.1) is 0 Å². The van der Waals surface area contributed by atoms with E-state index in [-0.39, 0.29) is 17.9 Å². The van der Waals surface area contributed by atoms with Gasteiger partial charge in [0.15, 0.2) is 5.69 Å². The Morgan fingerprint density at radius 3 is 2.71 bits per heavy atom. The van der Waals surface area contributed by atoms with Crippen molar-refractivity contribution in [2.75, 3.05) is 12.4 Å². The van der Waals surface area contributed by atoms with E-state index in [0.29, 0.717) is 10.6 Å². The van der Waals surface area contributed by atoms with Crippen LogP contribution < -0.4 is 20.9 Å². The van der Waals surface area contributed by atoms with Gasteiger partial charge in [0, 0.05) is 18.1 Å². The Kier molecular flexibility index (Phi) is 6.61. The Bertz CT molecular complexity index is 1170. The highest BCUT2D eigenvalue weighted by atomic mass is 32.1. The molecule has 2 aromatic heterocycles. The van der Waals surface area contributed by atoms with Gasteiger partial charge in [-0.05, 0) is 40.8 Å². The van der Waals surface area contributed by atoms with Crippen molar-refractivity contribution in [3.63, 3.8) is 0 Å². The fourth-order valence-corrected chi connectivity index (χ4v) is 3.90. The number of aromatic nitrogens is 1. The van der Waals surface area contributed by atoms with Gasteiger partial charge in [-0.1, -0.05) is 12.1 Å². The Balaban J connectivity index is 1.82. The maximum atomic E-state index is 12.5. The second kappa shape index (κ2) is 9.35. The molecular weight excluding hydrogens is 422 g/mol. The topological polar surface area (TPSA) is 130 Å². The molecule has 0 bridgehead atoms. The zero-order valence-corrected chi connectivity index (χ0v) is 17.6. The van der Waals surface area contributed by atoms with Crippen molar-refractivity contribution in [1.29, 1.82) is 0 Å². The van der Waals surface area contributed by atoms with Gasteiger partial charge in [0.25, 0.3) is 5.56 Å². The summed E-state index contributed by atoms with van der Waals surface area (Å²) in [4.78, 5) is 36.6. The number of nitrogens with one attached hydrogen (secondary N) is 2. The van der Waals surface area contributed by atoms with Crippen molar-refractivity contribution >= 4 is 29.0 Å². The lowest BCUT2D eigenvalue weighted by Gasteiger charge is -2.16. The molecule has 0 fully saturated rings. The summed E-state index contributed by atoms with van der Waals surface area (Å²) in [5.41, 5.74) is 0.852. The van der Waals surface area contributed by atoms with Crippen LogP contribution >= 0.6 is 11.3 Å². The summed E-state index contributed by atoms with van der Waals surface area (Å²) in [7, 11) is 3.05. The number of urea groups is 1. The van der Waals surface area contributed by atoms with Crippen molar-refractivity contribution in [3.05, 3.63) is 63.2 Å². The van der Waals surface area contributed by atoms with E-state index in [4.69, 9.17) is 4.74 Å². The number of carbonyl (C=O) groups excluding carboxylic acids is 1. The number of hydrogen-bond acceptors (Lipinski definition) is 6. The molecule has 0 spiro atoms. The highest BCUT2D eigenvalue weighted by Crippen LogP contribution is 2.32. The van der Waals surface area contributed by atoms with E-state index in [1.807, 2.05) is 29.6 Å². The third-order valence-corrected chi connectivity index (χ3v) is 5.58. The first-order valence-electron chi connectivity index (χ1n) is 9.19. The number of benzene rings is 1. The van der Waals surface area contributed by atoms with E-state index >= 15 is 0 Å². The predicted octanol–water partition coefficient (Wildman–Crippen LogP) is 3.17. The van der Waals surface area contributed by atoms with Crippen molar-refractivity contribution in [2.24, 2.45) is 7.05 Å². The average Bonchev–Trinajstić information content (AvgIpc) is 3.23. The van der Waals surface area contributed by atoms with Crippen molar-refractivity contribution in [1.82, 2.24) is 9.88 Å². The van der Waals surface area contributed by atoms with E-state index < -0.39 is 23.6 Å². The number of ether oxygens (including phenoxy) is 1. The van der Waals surface area contributed by atoms with Gasteiger partial charge >= 0.3 is 12.0 Å². The first-order chi connectivity index (χ1) is 14.8. The molecule has 10 heteroatoms. The van der Waals surface area contributed by atoms with Crippen LogP contribution in [0.5, 0.6) is 11.5 Å². The van der Waals surface area contributed by atoms with Gasteiger partial charge in [0.05, 0.1) is 19.6 Å². The Labute approximate surface area is 181 Å². The molecule has 0 aliphatic heterocycles. The number of carboxylic acid groups (broad SMARTS) is 1. The van der Waals surface area contributed by atoms with Gasteiger partial charge in [-0.15, -0.1) is 11.3 Å². The number of carboxylic acids is 1. The van der Waals surface area contributed by atoms with Crippen LogP contribution in [0.2, 0.25) is 0 Å². The molecule has 0 radical (unpaired) electrons. The normalized spacial score (nSPS) is 11.5. The maximum Gasteiger partial charge on any atom is 0.320 e. The molecule has 0 saturated heterocycles. The van der Waals surface area contributed by atoms with E-state index in [1.165, 1.54) is 35.2 Å². The average molecular weight is 443 g/mol. The van der Waals surface area contributed by atoms with Gasteiger partial charge in [0.2, 0.25) is 0 Å². The molecule has 1 aromatic carbocycles. The molecule has 0 saturated carbocycles. The number of aryl methyl sites for hydroxylation is 1. The quantitative estimate of drug-likeness (QED) is 0.444. The third-order valence-electron chi connectivity index (χ3n) is 4.54. The van der Waals surface area contributed by atoms with E-state index in [2.05, 4.69) is 10.6 Å². The van der Waals surface area contributed by atoms with Crippen LogP contribution in [-0.4, -0.2) is 33.9 Å². The first kappa shape index (κ1) is 21.9. The number of aliphatic carboxylic acids is 1. The maximum absolute atomic E-state index is 12.5. The number of methoxy groups -OCH3 is 1. The summed E-state index contributed by atoms with van der Waals surface area (Å²) >= 11 is 1.30. The fraction of sp³-hybridized carbons (Fsp3) is 0.190. The van der Waals surface area contributed by atoms with Crippen LogP contribution in [0.4, 0.5) is 10.5 Å². The van der Waals surface area contributed by atoms with Gasteiger partial charge in [-0.25, -0.2) is 4.79 Å². The van der Waals surface area contributed by atoms with Crippen LogP contribution in [0.25, 0.3) is 11.1 Å². The molecule has 2 heterocycles. The van der Waals surface area contributed by atoms with Gasteiger partial charge in [-0.3, -0.25) is 9.59 Å². The number of pyridine rings is 1. The zero-order valence-electron chi connectivity index (χ0n) is 16.8. The largest absolute Gasteiger partial charge is 0.505 e. The molecule has 31 heavy (non-hydrogen) atoms. The number of hydrogen-bond donors (Lipinski definition) is 4. The smallest absolute Gasteiger partial charge is 0.320 e. The second-order valence-electron chi connectivity index (χ2n) is 6.71. The van der Waals surface area contributed by atoms with E-state index in [1.54, 1.807) is 13.2 Å². The highest BCUT2D eigenvalue weighted by Gasteiger charge is 2.22. The lowest BCUT2D eigenvalue weighted by Crippen LogP contribution is -2.35. The molecule has 3 rings (SSSR count). The lowest BCUT2D eigenvalue weighted by atomic mass is 10.1. The molecule has 0 aliphatic carbocycles. The number of amides is 2. The third kappa shape index (κ3) is 5.23. The minimum atomic E-state index is -1.10. The minimum absolute atomic E-state index is 0.292. The summed E-state index contributed by atoms with van der Waals surface area (Å²) in [5, 5.41) is 25.9. The molecule has 162 valence electrons. The molecule has 1 atom stereocenters. The van der Waals surface area contributed by atoms with E-state index in [9.17, 15) is 24.6 Å². The number of nitrogens with zero attached hydrogens (tertiary/aromatic N) is 1. The van der Waals surface area contributed by atoms with Gasteiger partial charge < -0.3 is 30.2 Å². The molecule has 2 amide bonds. The molecule has 0 aliphatic rings. The summed E-state index contributed by atoms with van der Waals surface area (Å²) in [6.45, 7) is 0. The summed E-state index contributed by atoms with van der Waals surface area (Å²) in [6.07, 6.45) is 1.00. The predicted molar refractivity (Wildman–Crippen MR) is 117 cm³/mol. The molecule has 3 aromatic rings. The fourth-order valence-electron chi connectivity index (χ4n) is 2.93. The van der Waals surface area contributed by atoms with Crippen molar-refractivity contribution in [2.45, 2.75) is 12.5 Å². The number of thiophene rings is 1. The number of carbonyl (C=O) groups is 2. The van der Waals surface area contributed by atoms with Crippen LogP contribution in [0.1, 0.15) is 17.3 Å². The number of anilines is 1. The van der Waals surface area contributed by atoms with E-state index in [0.717, 1.165) is 11.1 Å². The molecule has 4 N–H and O–H groups in total. The Morgan fingerprint density at radius 2 is 2.00 bits per heavy atom. The number of aromatic hydroxyl groups is 1. The summed E-state index contributed by atoms with van der Waals surface area (Å²) < 4.78 is 6.43. The van der Waals surface area contributed by atoms with Crippen molar-refractivity contribution < 1.29 is 24.5 Å². The first-order valence-corrected chi connectivity index (χ1v) is 10.1. The zero-order chi connectivity index (χ0) is 22.5. The lowest BCUT2D eigenvalue weighted by molar-refractivity contribution is -0.137. The summed E-state index contributed by atoms with van der Waals surface area (Å²) in [5.74, 6) is -0.793. The minimum Gasteiger partial charge on any atom is -0.505 e. The van der Waals surface area contributed by atoms with Crippen molar-refractivity contribution in [3.8, 4) is 22.6 Å². The van der Waals surface area contributed by atoms with Gasteiger partial charge in [0.1, 0.15) is 11.5 Å². The van der Waals surface area contributed by atoms with Crippen LogP contribution in [0.3, 0.4) is 0 Å². The van der Waals surface area contributed by atoms with Gasteiger partial charge in [-0.2, -0.15) is 0 Å². The monoisotopic (exact) mass is 443 g/mol. The Morgan fingerprint density at radius 1 is 1.23 bits per heavy atom. The molecular formula is C21H21N3O6S. The van der Waals surface area contributed by atoms with Crippen LogP contribution in [-0.2, 0) is 11.8 Å².